The molecule has 0 aliphatic heterocycles. The van der Waals surface area contributed by atoms with Gasteiger partial charge in [-0.1, -0.05) is 0 Å². The van der Waals surface area contributed by atoms with E-state index in [-0.39, 0.29) is 0 Å². The van der Waals surface area contributed by atoms with Crippen molar-refractivity contribution in [1.29, 1.82) is 0 Å². The van der Waals surface area contributed by atoms with Crippen LogP contribution >= 0.6 is 27.3 Å². The molecule has 2 aromatic heterocycles. The fourth-order valence-corrected chi connectivity index (χ4v) is 2.42. The maximum absolute atomic E-state index is 5.69. The summed E-state index contributed by atoms with van der Waals surface area (Å²) in [6.07, 6.45) is 1.45. The molecule has 0 amide bonds. The number of nitrogen functional groups attached to an aromatic ring is 2. The Morgan fingerprint density at radius 2 is 2.07 bits per heavy atom. The van der Waals surface area contributed by atoms with Gasteiger partial charge in [-0.3, -0.25) is 0 Å². The Labute approximate surface area is 93.1 Å². The number of thiophene rings is 1. The Bertz CT molecular complexity index is 468. The quantitative estimate of drug-likeness (QED) is 0.832. The number of nitrogens with zero attached hydrogens (tertiary/aromatic N) is 2. The van der Waals surface area contributed by atoms with Crippen molar-refractivity contribution < 1.29 is 0 Å². The first kappa shape index (κ1) is 9.42. The number of hydrogen-bond acceptors (Lipinski definition) is 5. The summed E-state index contributed by atoms with van der Waals surface area (Å²) < 4.78 is 1.02. The molecule has 0 aliphatic carbocycles. The lowest BCUT2D eigenvalue weighted by Crippen LogP contribution is -1.99. The molecule has 0 saturated heterocycles. The van der Waals surface area contributed by atoms with Crippen LogP contribution in [0.5, 0.6) is 0 Å². The molecular formula is C8H7BrN4S. The number of aromatic nitrogens is 2. The first-order valence-electron chi connectivity index (χ1n) is 3.80. The van der Waals surface area contributed by atoms with E-state index in [0.717, 1.165) is 8.66 Å². The maximum Gasteiger partial charge on any atom is 0.151 e. The Balaban J connectivity index is 2.55. The van der Waals surface area contributed by atoms with E-state index in [1.807, 2.05) is 12.1 Å². The molecule has 2 aromatic rings. The average Bonchev–Trinajstić information content (AvgIpc) is 2.56. The Morgan fingerprint density at radius 1 is 1.29 bits per heavy atom. The normalized spacial score (nSPS) is 10.4. The molecule has 4 N–H and O–H groups in total. The molecule has 0 bridgehead atoms. The van der Waals surface area contributed by atoms with Crippen molar-refractivity contribution in [3.05, 3.63) is 22.1 Å². The SMILES string of the molecule is Nc1cnc(N)c(-c2ccc(Br)s2)n1. The summed E-state index contributed by atoms with van der Waals surface area (Å²) >= 11 is 4.91. The average molecular weight is 271 g/mol. The van der Waals surface area contributed by atoms with Crippen molar-refractivity contribution in [2.45, 2.75) is 0 Å². The van der Waals surface area contributed by atoms with E-state index in [4.69, 9.17) is 11.5 Å². The van der Waals surface area contributed by atoms with Crippen LogP contribution in [0.4, 0.5) is 11.6 Å². The molecule has 0 radical (unpaired) electrons. The molecule has 4 nitrogen and oxygen atoms in total. The smallest absolute Gasteiger partial charge is 0.151 e. The molecule has 0 fully saturated rings. The first-order chi connectivity index (χ1) is 6.66. The van der Waals surface area contributed by atoms with E-state index in [1.165, 1.54) is 6.20 Å². The second kappa shape index (κ2) is 3.55. The molecule has 0 aromatic carbocycles. The van der Waals surface area contributed by atoms with Gasteiger partial charge in [0.1, 0.15) is 11.5 Å². The molecule has 0 atom stereocenters. The molecule has 14 heavy (non-hydrogen) atoms. The number of hydrogen-bond donors (Lipinski definition) is 2. The van der Waals surface area contributed by atoms with Crippen molar-refractivity contribution in [2.24, 2.45) is 0 Å². The minimum Gasteiger partial charge on any atom is -0.382 e. The third-order valence-electron chi connectivity index (χ3n) is 1.63. The molecule has 0 aliphatic rings. The second-order valence-electron chi connectivity index (χ2n) is 2.63. The van der Waals surface area contributed by atoms with Gasteiger partial charge in [0.15, 0.2) is 5.82 Å². The van der Waals surface area contributed by atoms with Gasteiger partial charge in [-0.25, -0.2) is 9.97 Å². The third kappa shape index (κ3) is 1.71. The van der Waals surface area contributed by atoms with Crippen LogP contribution in [0.1, 0.15) is 0 Å². The van der Waals surface area contributed by atoms with Crippen molar-refractivity contribution in [2.75, 3.05) is 11.5 Å². The summed E-state index contributed by atoms with van der Waals surface area (Å²) in [5.41, 5.74) is 11.9. The lowest BCUT2D eigenvalue weighted by atomic mass is 10.3. The number of rotatable bonds is 1. The van der Waals surface area contributed by atoms with Crippen LogP contribution in [-0.4, -0.2) is 9.97 Å². The topological polar surface area (TPSA) is 77.8 Å². The summed E-state index contributed by atoms with van der Waals surface area (Å²) in [5, 5.41) is 0. The van der Waals surface area contributed by atoms with E-state index in [0.29, 0.717) is 17.3 Å². The highest BCUT2D eigenvalue weighted by Gasteiger charge is 2.08. The van der Waals surface area contributed by atoms with Crippen LogP contribution in [0.3, 0.4) is 0 Å². The summed E-state index contributed by atoms with van der Waals surface area (Å²) in [6.45, 7) is 0. The predicted molar refractivity (Wildman–Crippen MR) is 61.9 cm³/mol. The highest BCUT2D eigenvalue weighted by molar-refractivity contribution is 9.11. The molecule has 72 valence electrons. The molecular weight excluding hydrogens is 264 g/mol. The molecule has 0 spiro atoms. The Morgan fingerprint density at radius 3 is 2.71 bits per heavy atom. The minimum atomic E-state index is 0.374. The van der Waals surface area contributed by atoms with Crippen molar-refractivity contribution in [1.82, 2.24) is 9.97 Å². The van der Waals surface area contributed by atoms with Gasteiger partial charge in [0, 0.05) is 0 Å². The third-order valence-corrected chi connectivity index (χ3v) is 3.26. The van der Waals surface area contributed by atoms with Gasteiger partial charge in [0.2, 0.25) is 0 Å². The fraction of sp³-hybridized carbons (Fsp3) is 0. The lowest BCUT2D eigenvalue weighted by Gasteiger charge is -2.01. The predicted octanol–water partition coefficient (Wildman–Crippen LogP) is 2.13. The zero-order chi connectivity index (χ0) is 10.1. The molecule has 2 heterocycles. The number of nitrogens with two attached hydrogens (primary N) is 2. The highest BCUT2D eigenvalue weighted by Crippen LogP contribution is 2.32. The fourth-order valence-electron chi connectivity index (χ4n) is 1.03. The van der Waals surface area contributed by atoms with Crippen LogP contribution in [-0.2, 0) is 0 Å². The zero-order valence-electron chi connectivity index (χ0n) is 7.07. The Hall–Kier alpha value is -1.14. The van der Waals surface area contributed by atoms with E-state index in [1.54, 1.807) is 11.3 Å². The van der Waals surface area contributed by atoms with Gasteiger partial charge in [0.05, 0.1) is 14.9 Å². The second-order valence-corrected chi connectivity index (χ2v) is 5.10. The van der Waals surface area contributed by atoms with Crippen molar-refractivity contribution in [3.8, 4) is 10.6 Å². The van der Waals surface area contributed by atoms with E-state index >= 15 is 0 Å². The zero-order valence-corrected chi connectivity index (χ0v) is 9.47. The molecule has 2 rings (SSSR count). The van der Waals surface area contributed by atoms with Gasteiger partial charge in [-0.2, -0.15) is 0 Å². The summed E-state index contributed by atoms with van der Waals surface area (Å²) in [5.74, 6) is 0.771. The molecule has 6 heteroatoms. The van der Waals surface area contributed by atoms with Gasteiger partial charge < -0.3 is 11.5 Å². The summed E-state index contributed by atoms with van der Waals surface area (Å²) in [4.78, 5) is 9.04. The standard InChI is InChI=1S/C8H7BrN4S/c9-5-2-1-4(14-5)7-8(11)12-3-6(10)13-7/h1-3H,(H2,10,13)(H2,11,12). The first-order valence-corrected chi connectivity index (χ1v) is 5.41. The Kier molecular flexibility index (Phi) is 2.39. The van der Waals surface area contributed by atoms with Gasteiger partial charge in [-0.15, -0.1) is 11.3 Å². The maximum atomic E-state index is 5.69. The van der Waals surface area contributed by atoms with Crippen LogP contribution in [0.25, 0.3) is 10.6 Å². The monoisotopic (exact) mass is 270 g/mol. The highest BCUT2D eigenvalue weighted by atomic mass is 79.9. The van der Waals surface area contributed by atoms with Gasteiger partial charge in [0.25, 0.3) is 0 Å². The van der Waals surface area contributed by atoms with Crippen LogP contribution in [0.15, 0.2) is 22.1 Å². The largest absolute Gasteiger partial charge is 0.382 e. The minimum absolute atomic E-state index is 0.374. The van der Waals surface area contributed by atoms with E-state index in [9.17, 15) is 0 Å². The van der Waals surface area contributed by atoms with Crippen molar-refractivity contribution >= 4 is 38.9 Å². The number of anilines is 2. The van der Waals surface area contributed by atoms with Crippen molar-refractivity contribution in [3.63, 3.8) is 0 Å². The van der Waals surface area contributed by atoms with Gasteiger partial charge in [-0.05, 0) is 28.1 Å². The summed E-state index contributed by atoms with van der Waals surface area (Å²) in [6, 6.07) is 3.86. The molecule has 0 unspecified atom stereocenters. The molecule has 0 saturated carbocycles. The van der Waals surface area contributed by atoms with E-state index in [2.05, 4.69) is 25.9 Å². The lowest BCUT2D eigenvalue weighted by molar-refractivity contribution is 1.23. The summed E-state index contributed by atoms with van der Waals surface area (Å²) in [7, 11) is 0. The van der Waals surface area contributed by atoms with Crippen LogP contribution in [0.2, 0.25) is 0 Å². The van der Waals surface area contributed by atoms with E-state index < -0.39 is 0 Å². The van der Waals surface area contributed by atoms with Gasteiger partial charge >= 0.3 is 0 Å². The number of halogens is 1. The van der Waals surface area contributed by atoms with Crippen LogP contribution in [0, 0.1) is 0 Å². The van der Waals surface area contributed by atoms with Crippen LogP contribution < -0.4 is 11.5 Å².